The number of amides is 3. The fourth-order valence-corrected chi connectivity index (χ4v) is 1.42. The van der Waals surface area contributed by atoms with Gasteiger partial charge >= 0.3 is 12.0 Å². The average molecular weight is 279 g/mol. The number of nitrogens with zero attached hydrogens (tertiary/aromatic N) is 1. The monoisotopic (exact) mass is 279 g/mol. The highest BCUT2D eigenvalue weighted by Gasteiger charge is 2.20. The van der Waals surface area contributed by atoms with E-state index in [2.05, 4.69) is 0 Å². The van der Waals surface area contributed by atoms with Crippen LogP contribution >= 0.6 is 0 Å². The number of ether oxygens (including phenoxy) is 1. The molecular formula is C13H17N3O4. The average Bonchev–Trinajstić information content (AvgIpc) is 2.37. The summed E-state index contributed by atoms with van der Waals surface area (Å²) >= 11 is 0. The molecule has 3 N–H and O–H groups in total. The van der Waals surface area contributed by atoms with Gasteiger partial charge in [0.2, 0.25) is 0 Å². The number of anilines is 1. The van der Waals surface area contributed by atoms with Crippen LogP contribution in [0.2, 0.25) is 0 Å². The van der Waals surface area contributed by atoms with Crippen molar-refractivity contribution in [3.63, 3.8) is 0 Å². The van der Waals surface area contributed by atoms with E-state index in [0.29, 0.717) is 5.56 Å². The second-order valence-electron chi connectivity index (χ2n) is 4.35. The minimum atomic E-state index is -1.11. The predicted molar refractivity (Wildman–Crippen MR) is 73.4 cm³/mol. The van der Waals surface area contributed by atoms with Crippen molar-refractivity contribution in [3.8, 4) is 0 Å². The zero-order chi connectivity index (χ0) is 15.3. The third kappa shape index (κ3) is 4.27. The minimum Gasteiger partial charge on any atom is -0.449 e. The Kier molecular flexibility index (Phi) is 5.08. The summed E-state index contributed by atoms with van der Waals surface area (Å²) in [7, 11) is 3.68. The molecule has 7 heteroatoms. The molecule has 0 spiro atoms. The van der Waals surface area contributed by atoms with E-state index >= 15 is 0 Å². The fraction of sp³-hybridized carbons (Fsp3) is 0.308. The molecular weight excluding hydrogens is 262 g/mol. The summed E-state index contributed by atoms with van der Waals surface area (Å²) in [6, 6.07) is 5.77. The zero-order valence-electron chi connectivity index (χ0n) is 11.5. The summed E-state index contributed by atoms with van der Waals surface area (Å²) < 4.78 is 4.96. The second-order valence-corrected chi connectivity index (χ2v) is 4.35. The molecule has 0 aromatic heterocycles. The Bertz CT molecular complexity index is 528. The Labute approximate surface area is 116 Å². The van der Waals surface area contributed by atoms with E-state index < -0.39 is 24.0 Å². The van der Waals surface area contributed by atoms with Crippen LogP contribution in [0.5, 0.6) is 0 Å². The Morgan fingerprint density at radius 1 is 1.30 bits per heavy atom. The van der Waals surface area contributed by atoms with Gasteiger partial charge in [-0.15, -0.1) is 0 Å². The third-order valence-corrected chi connectivity index (χ3v) is 2.50. The largest absolute Gasteiger partial charge is 0.449 e. The lowest BCUT2D eigenvalue weighted by Gasteiger charge is -2.15. The molecule has 1 aromatic rings. The summed E-state index contributed by atoms with van der Waals surface area (Å²) in [5, 5.41) is 1.84. The summed E-state index contributed by atoms with van der Waals surface area (Å²) in [5.41, 5.74) is 5.95. The van der Waals surface area contributed by atoms with E-state index in [-0.39, 0.29) is 0 Å². The Balaban J connectivity index is 2.73. The quantitative estimate of drug-likeness (QED) is 0.781. The summed E-state index contributed by atoms with van der Waals surface area (Å²) in [6.07, 6.45) is -1.11. The van der Waals surface area contributed by atoms with Crippen molar-refractivity contribution in [2.45, 2.75) is 13.0 Å². The molecule has 0 fully saturated rings. The van der Waals surface area contributed by atoms with Crippen molar-refractivity contribution < 1.29 is 19.1 Å². The van der Waals surface area contributed by atoms with E-state index in [4.69, 9.17) is 10.5 Å². The SMILES string of the molecule is C[C@H](OC(=O)c1cccc(N(C)C)c1)C(=O)NC(N)=O. The van der Waals surface area contributed by atoms with E-state index in [0.717, 1.165) is 5.69 Å². The van der Waals surface area contributed by atoms with Crippen LogP contribution in [0.4, 0.5) is 10.5 Å². The Morgan fingerprint density at radius 2 is 1.95 bits per heavy atom. The number of hydrogen-bond donors (Lipinski definition) is 2. The minimum absolute atomic E-state index is 0.315. The lowest BCUT2D eigenvalue weighted by molar-refractivity contribution is -0.127. The van der Waals surface area contributed by atoms with Crippen LogP contribution < -0.4 is 16.0 Å². The maximum Gasteiger partial charge on any atom is 0.338 e. The van der Waals surface area contributed by atoms with Gasteiger partial charge in [0, 0.05) is 19.8 Å². The summed E-state index contributed by atoms with van der Waals surface area (Å²) in [6.45, 7) is 1.35. The fourth-order valence-electron chi connectivity index (χ4n) is 1.42. The van der Waals surface area contributed by atoms with Gasteiger partial charge in [0.15, 0.2) is 6.10 Å². The zero-order valence-corrected chi connectivity index (χ0v) is 11.5. The number of primary amides is 1. The number of esters is 1. The Hall–Kier alpha value is -2.57. The topological polar surface area (TPSA) is 102 Å². The number of carbonyl (C=O) groups excluding carboxylic acids is 3. The number of imide groups is 1. The Morgan fingerprint density at radius 3 is 2.50 bits per heavy atom. The first-order valence-electron chi connectivity index (χ1n) is 5.90. The molecule has 1 aromatic carbocycles. The van der Waals surface area contributed by atoms with Gasteiger partial charge in [0.1, 0.15) is 0 Å². The van der Waals surface area contributed by atoms with Crippen molar-refractivity contribution >= 4 is 23.6 Å². The standard InChI is InChI=1S/C13H17N3O4/c1-8(11(17)15-13(14)19)20-12(18)9-5-4-6-10(7-9)16(2)3/h4-8H,1-3H3,(H3,14,15,17,19)/t8-/m0/s1. The molecule has 7 nitrogen and oxygen atoms in total. The number of hydrogen-bond acceptors (Lipinski definition) is 5. The molecule has 3 amide bonds. The van der Waals surface area contributed by atoms with E-state index in [1.54, 1.807) is 18.2 Å². The summed E-state index contributed by atoms with van der Waals surface area (Å²) in [5.74, 6) is -1.42. The van der Waals surface area contributed by atoms with Crippen LogP contribution in [-0.4, -0.2) is 38.1 Å². The van der Waals surface area contributed by atoms with Crippen LogP contribution in [0.3, 0.4) is 0 Å². The van der Waals surface area contributed by atoms with E-state index in [1.807, 2.05) is 30.4 Å². The second kappa shape index (κ2) is 6.55. The molecule has 0 saturated carbocycles. The number of carbonyl (C=O) groups is 3. The van der Waals surface area contributed by atoms with Crippen molar-refractivity contribution in [2.24, 2.45) is 5.73 Å². The van der Waals surface area contributed by atoms with Crippen LogP contribution in [0.25, 0.3) is 0 Å². The van der Waals surface area contributed by atoms with Crippen LogP contribution in [0.15, 0.2) is 24.3 Å². The summed E-state index contributed by atoms with van der Waals surface area (Å²) in [4.78, 5) is 35.6. The molecule has 1 atom stereocenters. The van der Waals surface area contributed by atoms with Gasteiger partial charge in [-0.2, -0.15) is 0 Å². The molecule has 0 unspecified atom stereocenters. The highest BCUT2D eigenvalue weighted by molar-refractivity contribution is 5.98. The highest BCUT2D eigenvalue weighted by Crippen LogP contribution is 2.14. The van der Waals surface area contributed by atoms with Gasteiger partial charge in [-0.3, -0.25) is 10.1 Å². The molecule has 0 bridgehead atoms. The number of rotatable bonds is 4. The lowest BCUT2D eigenvalue weighted by Crippen LogP contribution is -2.42. The molecule has 1 rings (SSSR count). The lowest BCUT2D eigenvalue weighted by atomic mass is 10.2. The van der Waals surface area contributed by atoms with Crippen molar-refractivity contribution in [1.29, 1.82) is 0 Å². The predicted octanol–water partition coefficient (Wildman–Crippen LogP) is 0.493. The van der Waals surface area contributed by atoms with Crippen LogP contribution in [-0.2, 0) is 9.53 Å². The number of nitrogens with two attached hydrogens (primary N) is 1. The van der Waals surface area contributed by atoms with Gasteiger partial charge in [-0.05, 0) is 25.1 Å². The molecule has 108 valence electrons. The van der Waals surface area contributed by atoms with E-state index in [9.17, 15) is 14.4 Å². The normalized spacial score (nSPS) is 11.3. The van der Waals surface area contributed by atoms with Gasteiger partial charge in [0.25, 0.3) is 5.91 Å². The smallest absolute Gasteiger partial charge is 0.338 e. The molecule has 0 aliphatic carbocycles. The third-order valence-electron chi connectivity index (χ3n) is 2.50. The molecule has 0 heterocycles. The number of nitrogens with one attached hydrogen (secondary N) is 1. The molecule has 20 heavy (non-hydrogen) atoms. The number of benzene rings is 1. The van der Waals surface area contributed by atoms with Crippen LogP contribution in [0, 0.1) is 0 Å². The first kappa shape index (κ1) is 15.5. The molecule has 0 aliphatic heterocycles. The maximum absolute atomic E-state index is 11.9. The van der Waals surface area contributed by atoms with Crippen molar-refractivity contribution in [1.82, 2.24) is 5.32 Å². The van der Waals surface area contributed by atoms with Gasteiger partial charge in [-0.1, -0.05) is 6.07 Å². The molecule has 0 aliphatic rings. The maximum atomic E-state index is 11.9. The van der Waals surface area contributed by atoms with E-state index in [1.165, 1.54) is 6.92 Å². The first-order chi connectivity index (χ1) is 9.31. The van der Waals surface area contributed by atoms with Gasteiger partial charge < -0.3 is 15.4 Å². The first-order valence-corrected chi connectivity index (χ1v) is 5.90. The van der Waals surface area contributed by atoms with Gasteiger partial charge in [0.05, 0.1) is 5.56 Å². The van der Waals surface area contributed by atoms with Crippen LogP contribution in [0.1, 0.15) is 17.3 Å². The highest BCUT2D eigenvalue weighted by atomic mass is 16.5. The van der Waals surface area contributed by atoms with Gasteiger partial charge in [-0.25, -0.2) is 9.59 Å². The van der Waals surface area contributed by atoms with Crippen molar-refractivity contribution in [3.05, 3.63) is 29.8 Å². The molecule has 0 radical (unpaired) electrons. The molecule has 0 saturated heterocycles. The number of urea groups is 1. The van der Waals surface area contributed by atoms with Crippen molar-refractivity contribution in [2.75, 3.05) is 19.0 Å².